The first-order valence-electron chi connectivity index (χ1n) is 7.80. The molecule has 2 fully saturated rings. The molecule has 2 aliphatic rings. The Bertz CT molecular complexity index is 705. The lowest BCUT2D eigenvalue weighted by Crippen LogP contribution is -2.55. The number of hydrogen-bond donors (Lipinski definition) is 1. The lowest BCUT2D eigenvalue weighted by Gasteiger charge is -2.30. The molecule has 0 bridgehead atoms. The van der Waals surface area contributed by atoms with E-state index >= 15 is 0 Å². The number of hydrogen-bond acceptors (Lipinski definition) is 5. The first-order valence-corrected chi connectivity index (χ1v) is 7.80. The van der Waals surface area contributed by atoms with Gasteiger partial charge < -0.3 is 4.74 Å². The molecule has 0 aromatic heterocycles. The second-order valence-corrected chi connectivity index (χ2v) is 6.23. The van der Waals surface area contributed by atoms with Gasteiger partial charge in [-0.1, -0.05) is 19.1 Å². The minimum absolute atomic E-state index is 0.297. The molecule has 3 rings (SSSR count). The number of nitrogens with zero attached hydrogens (tertiary/aromatic N) is 1. The largest absolute Gasteiger partial charge is 0.468 e. The van der Waals surface area contributed by atoms with Gasteiger partial charge in [-0.05, 0) is 24.1 Å². The molecule has 0 spiro atoms. The number of amides is 2. The molecule has 4 unspecified atom stereocenters. The molecule has 0 aliphatic carbocycles. The van der Waals surface area contributed by atoms with Gasteiger partial charge in [0, 0.05) is 13.1 Å². The minimum Gasteiger partial charge on any atom is -0.468 e. The maximum Gasteiger partial charge on any atom is 0.326 e. The highest BCUT2D eigenvalue weighted by molar-refractivity contribution is 6.09. The topological polar surface area (TPSA) is 75.7 Å². The number of esters is 1. The third kappa shape index (κ3) is 2.07. The molecular weight excluding hydrogens is 315 g/mol. The first-order chi connectivity index (χ1) is 11.4. The molecule has 24 heavy (non-hydrogen) atoms. The third-order valence-corrected chi connectivity index (χ3v) is 5.21. The van der Waals surface area contributed by atoms with E-state index in [1.54, 1.807) is 19.1 Å². The number of halogens is 1. The van der Waals surface area contributed by atoms with Gasteiger partial charge >= 0.3 is 5.97 Å². The van der Waals surface area contributed by atoms with Crippen LogP contribution < -0.4 is 5.32 Å². The summed E-state index contributed by atoms with van der Waals surface area (Å²) < 4.78 is 18.1. The monoisotopic (exact) mass is 334 g/mol. The van der Waals surface area contributed by atoms with Crippen molar-refractivity contribution in [3.8, 4) is 0 Å². The van der Waals surface area contributed by atoms with E-state index < -0.39 is 41.1 Å². The summed E-state index contributed by atoms with van der Waals surface area (Å²) in [6.07, 6.45) is 0.297. The van der Waals surface area contributed by atoms with Crippen LogP contribution in [0, 0.1) is 17.7 Å². The fourth-order valence-electron chi connectivity index (χ4n) is 3.94. The van der Waals surface area contributed by atoms with Crippen molar-refractivity contribution < 1.29 is 23.5 Å². The highest BCUT2D eigenvalue weighted by atomic mass is 19.1. The van der Waals surface area contributed by atoms with Crippen LogP contribution in [0.15, 0.2) is 24.3 Å². The number of carbonyl (C=O) groups excluding carboxylic acids is 3. The van der Waals surface area contributed by atoms with E-state index in [0.29, 0.717) is 12.0 Å². The van der Waals surface area contributed by atoms with Crippen molar-refractivity contribution in [2.75, 3.05) is 14.2 Å². The predicted molar refractivity (Wildman–Crippen MR) is 82.1 cm³/mol. The Morgan fingerprint density at radius 1 is 1.29 bits per heavy atom. The molecule has 2 saturated heterocycles. The zero-order chi connectivity index (χ0) is 17.6. The van der Waals surface area contributed by atoms with E-state index in [0.717, 1.165) is 4.90 Å². The maximum atomic E-state index is 13.2. The SMILES string of the molecule is CCC1(C(=O)OC)NC(c2ccc(F)cc2)C2C(=O)N(C)C(=O)C21. The molecule has 2 amide bonds. The summed E-state index contributed by atoms with van der Waals surface area (Å²) in [4.78, 5) is 38.8. The lowest BCUT2D eigenvalue weighted by molar-refractivity contribution is -0.154. The maximum absolute atomic E-state index is 13.2. The minimum atomic E-state index is -1.27. The van der Waals surface area contributed by atoms with Gasteiger partial charge in [0.1, 0.15) is 11.4 Å². The zero-order valence-electron chi connectivity index (χ0n) is 13.7. The summed E-state index contributed by atoms with van der Waals surface area (Å²) in [5.74, 6) is -3.25. The summed E-state index contributed by atoms with van der Waals surface area (Å²) in [6.45, 7) is 1.77. The summed E-state index contributed by atoms with van der Waals surface area (Å²) >= 11 is 0. The van der Waals surface area contributed by atoms with Crippen LogP contribution in [0.5, 0.6) is 0 Å². The summed E-state index contributed by atoms with van der Waals surface area (Å²) in [5.41, 5.74) is -0.613. The Kier molecular flexibility index (Phi) is 3.91. The number of nitrogens with one attached hydrogen (secondary N) is 1. The number of benzene rings is 1. The Hall–Kier alpha value is -2.28. The molecule has 0 radical (unpaired) electrons. The van der Waals surface area contributed by atoms with E-state index in [-0.39, 0.29) is 5.91 Å². The average Bonchev–Trinajstić information content (AvgIpc) is 3.05. The average molecular weight is 334 g/mol. The van der Waals surface area contributed by atoms with E-state index in [2.05, 4.69) is 5.32 Å². The van der Waals surface area contributed by atoms with Gasteiger partial charge in [0.15, 0.2) is 0 Å². The van der Waals surface area contributed by atoms with Crippen LogP contribution in [-0.4, -0.2) is 42.4 Å². The summed E-state index contributed by atoms with van der Waals surface area (Å²) in [7, 11) is 2.68. The Morgan fingerprint density at radius 3 is 2.46 bits per heavy atom. The molecule has 7 heteroatoms. The summed E-state index contributed by atoms with van der Waals surface area (Å²) in [5, 5.41) is 3.16. The van der Waals surface area contributed by atoms with E-state index in [1.165, 1.54) is 26.3 Å². The fraction of sp³-hybridized carbons (Fsp3) is 0.471. The van der Waals surface area contributed by atoms with E-state index in [9.17, 15) is 18.8 Å². The summed E-state index contributed by atoms with van der Waals surface area (Å²) in [6, 6.07) is 5.14. The van der Waals surface area contributed by atoms with Gasteiger partial charge in [-0.15, -0.1) is 0 Å². The van der Waals surface area contributed by atoms with Crippen molar-refractivity contribution >= 4 is 17.8 Å². The van der Waals surface area contributed by atoms with Crippen molar-refractivity contribution in [2.45, 2.75) is 24.9 Å². The van der Waals surface area contributed by atoms with Crippen LogP contribution in [0.2, 0.25) is 0 Å². The van der Waals surface area contributed by atoms with E-state index in [1.807, 2.05) is 0 Å². The van der Waals surface area contributed by atoms with Gasteiger partial charge in [-0.2, -0.15) is 0 Å². The molecular formula is C17H19FN2O4. The number of ether oxygens (including phenoxy) is 1. The van der Waals surface area contributed by atoms with Gasteiger partial charge in [-0.25, -0.2) is 4.39 Å². The molecule has 1 aromatic carbocycles. The number of methoxy groups -OCH3 is 1. The molecule has 2 heterocycles. The zero-order valence-corrected chi connectivity index (χ0v) is 13.7. The van der Waals surface area contributed by atoms with E-state index in [4.69, 9.17) is 4.74 Å². The second kappa shape index (κ2) is 5.66. The van der Waals surface area contributed by atoms with Crippen LogP contribution in [0.3, 0.4) is 0 Å². The van der Waals surface area contributed by atoms with Gasteiger partial charge in [0.25, 0.3) is 0 Å². The number of fused-ring (bicyclic) bond motifs is 1. The molecule has 128 valence electrons. The van der Waals surface area contributed by atoms with Gasteiger partial charge in [0.05, 0.1) is 18.9 Å². The van der Waals surface area contributed by atoms with Crippen molar-refractivity contribution in [2.24, 2.45) is 11.8 Å². The fourth-order valence-corrected chi connectivity index (χ4v) is 3.94. The van der Waals surface area contributed by atoms with Crippen molar-refractivity contribution in [1.82, 2.24) is 10.2 Å². The Labute approximate surface area is 139 Å². The van der Waals surface area contributed by atoms with Gasteiger partial charge in [-0.3, -0.25) is 24.6 Å². The smallest absolute Gasteiger partial charge is 0.326 e. The second-order valence-electron chi connectivity index (χ2n) is 6.23. The van der Waals surface area contributed by atoms with Crippen LogP contribution in [0.25, 0.3) is 0 Å². The van der Waals surface area contributed by atoms with Crippen molar-refractivity contribution in [1.29, 1.82) is 0 Å². The Morgan fingerprint density at radius 2 is 1.92 bits per heavy atom. The molecule has 1 N–H and O–H groups in total. The number of rotatable bonds is 3. The molecule has 0 saturated carbocycles. The van der Waals surface area contributed by atoms with Crippen LogP contribution in [0.4, 0.5) is 4.39 Å². The standard InChI is InChI=1S/C17H19FN2O4/c1-4-17(16(23)24-3)12-11(14(21)20(2)15(12)22)13(19-17)9-5-7-10(18)8-6-9/h5-8,11-13,19H,4H2,1-3H3. The van der Waals surface area contributed by atoms with Crippen LogP contribution >= 0.6 is 0 Å². The molecule has 1 aromatic rings. The predicted octanol–water partition coefficient (Wildman–Crippen LogP) is 1.02. The lowest BCUT2D eigenvalue weighted by atomic mass is 9.78. The highest BCUT2D eigenvalue weighted by Crippen LogP contribution is 2.49. The Balaban J connectivity index is 2.12. The molecule has 4 atom stereocenters. The van der Waals surface area contributed by atoms with Crippen LogP contribution in [0.1, 0.15) is 24.9 Å². The number of carbonyl (C=O) groups is 3. The number of imide groups is 1. The van der Waals surface area contributed by atoms with Crippen molar-refractivity contribution in [3.05, 3.63) is 35.6 Å². The molecule has 6 nitrogen and oxygen atoms in total. The first kappa shape index (κ1) is 16.6. The number of likely N-dealkylation sites (tertiary alicyclic amines) is 1. The quantitative estimate of drug-likeness (QED) is 0.660. The normalized spacial score (nSPS) is 32.2. The highest BCUT2D eigenvalue weighted by Gasteiger charge is 2.67. The van der Waals surface area contributed by atoms with Gasteiger partial charge in [0.2, 0.25) is 11.8 Å². The third-order valence-electron chi connectivity index (χ3n) is 5.21. The van der Waals surface area contributed by atoms with Crippen LogP contribution in [-0.2, 0) is 19.1 Å². The van der Waals surface area contributed by atoms with Crippen molar-refractivity contribution in [3.63, 3.8) is 0 Å². The molecule has 2 aliphatic heterocycles.